The molecular formula is C11H16N2O3. The van der Waals surface area contributed by atoms with Gasteiger partial charge in [0.15, 0.2) is 0 Å². The van der Waals surface area contributed by atoms with Crippen LogP contribution in [0.15, 0.2) is 12.1 Å². The van der Waals surface area contributed by atoms with Crippen LogP contribution >= 0.6 is 0 Å². The van der Waals surface area contributed by atoms with Crippen molar-refractivity contribution < 1.29 is 15.0 Å². The van der Waals surface area contributed by atoms with Gasteiger partial charge < -0.3 is 15.5 Å². The molecule has 1 aliphatic heterocycles. The number of nitrogens with one attached hydrogen (secondary N) is 1. The van der Waals surface area contributed by atoms with Crippen LogP contribution in [0, 0.1) is 6.92 Å². The van der Waals surface area contributed by atoms with Crippen molar-refractivity contribution in [2.45, 2.75) is 26.3 Å². The summed E-state index contributed by atoms with van der Waals surface area (Å²) >= 11 is 0. The third kappa shape index (κ3) is 3.51. The van der Waals surface area contributed by atoms with E-state index in [0.717, 1.165) is 6.04 Å². The van der Waals surface area contributed by atoms with E-state index in [-0.39, 0.29) is 11.4 Å². The number of hydrogen-bond acceptors (Lipinski definition) is 4. The highest BCUT2D eigenvalue weighted by Gasteiger charge is 2.07. The monoisotopic (exact) mass is 224 g/mol. The standard InChI is InChI=1S/C7H7NO3.C4H9N/c1-4-6(9)3-2-5(8-4)7(10)11;1-4-2-3-5-4/h2-3,9H,1H3,(H,10,11);4-5H,2-3H2,1H3. The number of carboxylic acid groups (broad SMARTS) is 1. The number of nitrogens with zero attached hydrogens (tertiary/aromatic N) is 1. The van der Waals surface area contributed by atoms with E-state index >= 15 is 0 Å². The van der Waals surface area contributed by atoms with Crippen LogP contribution in [0.3, 0.4) is 0 Å². The summed E-state index contributed by atoms with van der Waals surface area (Å²) in [6, 6.07) is 3.38. The molecule has 88 valence electrons. The van der Waals surface area contributed by atoms with Crippen LogP contribution in [0.25, 0.3) is 0 Å². The lowest BCUT2D eigenvalue weighted by molar-refractivity contribution is 0.0690. The van der Waals surface area contributed by atoms with Crippen molar-refractivity contribution in [1.29, 1.82) is 0 Å². The minimum Gasteiger partial charge on any atom is -0.506 e. The molecule has 0 amide bonds. The SMILES string of the molecule is CC1CCN1.Cc1nc(C(=O)O)ccc1O. The maximum absolute atomic E-state index is 10.3. The summed E-state index contributed by atoms with van der Waals surface area (Å²) in [5.41, 5.74) is 0.269. The molecule has 2 rings (SSSR count). The number of carboxylic acids is 1. The number of pyridine rings is 1. The molecule has 1 fully saturated rings. The molecule has 2 heterocycles. The molecule has 3 N–H and O–H groups in total. The average molecular weight is 224 g/mol. The first-order valence-electron chi connectivity index (χ1n) is 5.14. The van der Waals surface area contributed by atoms with Crippen LogP contribution < -0.4 is 5.32 Å². The number of carbonyl (C=O) groups is 1. The first-order chi connectivity index (χ1) is 7.50. The van der Waals surface area contributed by atoms with Crippen LogP contribution in [0.5, 0.6) is 5.75 Å². The molecule has 1 atom stereocenters. The number of rotatable bonds is 1. The fourth-order valence-corrected chi connectivity index (χ4v) is 1.11. The molecule has 5 nitrogen and oxygen atoms in total. The number of aromatic carboxylic acids is 1. The van der Waals surface area contributed by atoms with Gasteiger partial charge in [-0.25, -0.2) is 9.78 Å². The van der Waals surface area contributed by atoms with Crippen LogP contribution in [0.2, 0.25) is 0 Å². The zero-order valence-electron chi connectivity index (χ0n) is 9.40. The van der Waals surface area contributed by atoms with E-state index in [1.807, 2.05) is 0 Å². The number of aromatic hydroxyl groups is 1. The van der Waals surface area contributed by atoms with E-state index in [1.165, 1.54) is 25.1 Å². The number of aromatic nitrogens is 1. The Morgan fingerprint density at radius 2 is 2.12 bits per heavy atom. The van der Waals surface area contributed by atoms with Gasteiger partial charge in [-0.3, -0.25) is 0 Å². The first kappa shape index (κ1) is 12.4. The molecule has 1 unspecified atom stereocenters. The van der Waals surface area contributed by atoms with Gasteiger partial charge in [0.1, 0.15) is 11.4 Å². The predicted octanol–water partition coefficient (Wildman–Crippen LogP) is 1.16. The van der Waals surface area contributed by atoms with Gasteiger partial charge >= 0.3 is 5.97 Å². The Hall–Kier alpha value is -1.62. The van der Waals surface area contributed by atoms with E-state index in [0.29, 0.717) is 5.69 Å². The van der Waals surface area contributed by atoms with E-state index in [1.54, 1.807) is 6.92 Å². The summed E-state index contributed by atoms with van der Waals surface area (Å²) in [4.78, 5) is 13.9. The van der Waals surface area contributed by atoms with Crippen molar-refractivity contribution in [3.8, 4) is 5.75 Å². The molecule has 5 heteroatoms. The highest BCUT2D eigenvalue weighted by molar-refractivity contribution is 5.85. The minimum atomic E-state index is -1.09. The normalized spacial score (nSPS) is 18.0. The first-order valence-corrected chi connectivity index (χ1v) is 5.14. The Morgan fingerprint density at radius 3 is 2.44 bits per heavy atom. The quantitative estimate of drug-likeness (QED) is 0.666. The van der Waals surface area contributed by atoms with Crippen molar-refractivity contribution >= 4 is 5.97 Å². The summed E-state index contributed by atoms with van der Waals surface area (Å²) in [6.45, 7) is 4.98. The molecule has 0 aromatic carbocycles. The van der Waals surface area contributed by atoms with Crippen LogP contribution in [0.4, 0.5) is 0 Å². The highest BCUT2D eigenvalue weighted by Crippen LogP contribution is 2.12. The van der Waals surface area contributed by atoms with Gasteiger partial charge in [0.2, 0.25) is 0 Å². The molecule has 0 saturated carbocycles. The summed E-state index contributed by atoms with van der Waals surface area (Å²) in [6.07, 6.45) is 1.38. The lowest BCUT2D eigenvalue weighted by Gasteiger charge is -2.22. The van der Waals surface area contributed by atoms with Crippen molar-refractivity contribution in [3.05, 3.63) is 23.5 Å². The fraction of sp³-hybridized carbons (Fsp3) is 0.455. The molecule has 0 bridgehead atoms. The molecule has 0 aliphatic carbocycles. The molecule has 16 heavy (non-hydrogen) atoms. The van der Waals surface area contributed by atoms with Gasteiger partial charge in [-0.2, -0.15) is 0 Å². The Balaban J connectivity index is 0.000000212. The van der Waals surface area contributed by atoms with Crippen molar-refractivity contribution in [2.75, 3.05) is 6.54 Å². The second-order valence-corrected chi connectivity index (χ2v) is 3.75. The third-order valence-corrected chi connectivity index (χ3v) is 2.35. The van der Waals surface area contributed by atoms with E-state index < -0.39 is 5.97 Å². The van der Waals surface area contributed by atoms with E-state index in [4.69, 9.17) is 10.2 Å². The zero-order valence-corrected chi connectivity index (χ0v) is 9.40. The van der Waals surface area contributed by atoms with Gasteiger partial charge in [0.05, 0.1) is 5.69 Å². The summed E-state index contributed by atoms with van der Waals surface area (Å²) in [5.74, 6) is -1.08. The van der Waals surface area contributed by atoms with E-state index in [9.17, 15) is 4.79 Å². The molecular weight excluding hydrogens is 208 g/mol. The van der Waals surface area contributed by atoms with Crippen molar-refractivity contribution in [1.82, 2.24) is 10.3 Å². The summed E-state index contributed by atoms with van der Waals surface area (Å²) < 4.78 is 0. The van der Waals surface area contributed by atoms with Gasteiger partial charge in [-0.1, -0.05) is 0 Å². The summed E-state index contributed by atoms with van der Waals surface area (Å²) in [7, 11) is 0. The Morgan fingerprint density at radius 1 is 1.56 bits per heavy atom. The second-order valence-electron chi connectivity index (χ2n) is 3.75. The third-order valence-electron chi connectivity index (χ3n) is 2.35. The van der Waals surface area contributed by atoms with Crippen LogP contribution in [-0.2, 0) is 0 Å². The lowest BCUT2D eigenvalue weighted by Crippen LogP contribution is -2.39. The maximum Gasteiger partial charge on any atom is 0.354 e. The molecule has 1 aliphatic rings. The topological polar surface area (TPSA) is 82.5 Å². The highest BCUT2D eigenvalue weighted by atomic mass is 16.4. The Labute approximate surface area is 94.1 Å². The van der Waals surface area contributed by atoms with Gasteiger partial charge in [0.25, 0.3) is 0 Å². The maximum atomic E-state index is 10.3. The smallest absolute Gasteiger partial charge is 0.354 e. The minimum absolute atomic E-state index is 0.00926. The second kappa shape index (κ2) is 5.46. The molecule has 0 radical (unpaired) electrons. The van der Waals surface area contributed by atoms with Gasteiger partial charge in [0, 0.05) is 6.04 Å². The average Bonchev–Trinajstić information content (AvgIpc) is 2.20. The molecule has 0 spiro atoms. The van der Waals surface area contributed by atoms with Crippen LogP contribution in [0.1, 0.15) is 29.5 Å². The largest absolute Gasteiger partial charge is 0.506 e. The van der Waals surface area contributed by atoms with Gasteiger partial charge in [-0.05, 0) is 38.9 Å². The fourth-order valence-electron chi connectivity index (χ4n) is 1.11. The summed E-state index contributed by atoms with van der Waals surface area (Å²) in [5, 5.41) is 20.6. The van der Waals surface area contributed by atoms with Crippen molar-refractivity contribution in [2.24, 2.45) is 0 Å². The van der Waals surface area contributed by atoms with Gasteiger partial charge in [-0.15, -0.1) is 0 Å². The molecule has 1 aromatic rings. The lowest BCUT2D eigenvalue weighted by atomic mass is 10.1. The zero-order chi connectivity index (χ0) is 12.1. The predicted molar refractivity (Wildman–Crippen MR) is 59.7 cm³/mol. The number of aryl methyl sites for hydroxylation is 1. The molecule has 1 aromatic heterocycles. The van der Waals surface area contributed by atoms with E-state index in [2.05, 4.69) is 17.2 Å². The number of hydrogen-bond donors (Lipinski definition) is 3. The van der Waals surface area contributed by atoms with Crippen molar-refractivity contribution in [3.63, 3.8) is 0 Å². The Bertz CT molecular complexity index is 375. The van der Waals surface area contributed by atoms with Crippen LogP contribution in [-0.4, -0.2) is 33.8 Å². The Kier molecular flexibility index (Phi) is 4.25. The molecule has 1 saturated heterocycles.